The quantitative estimate of drug-likeness (QED) is 0.528. The van der Waals surface area contributed by atoms with Gasteiger partial charge in [-0.15, -0.1) is 0 Å². The molecule has 0 radical (unpaired) electrons. The summed E-state index contributed by atoms with van der Waals surface area (Å²) in [6, 6.07) is -1.16. The topological polar surface area (TPSA) is 121 Å². The average molecular weight is 246 g/mol. The number of nitrogens with zero attached hydrogens (tertiary/aromatic N) is 2. The van der Waals surface area contributed by atoms with Crippen LogP contribution in [0.2, 0.25) is 0 Å². The molecule has 2 aliphatic rings. The zero-order valence-corrected chi connectivity index (χ0v) is 8.84. The molecule has 1 aliphatic carbocycles. The lowest BCUT2D eigenvalue weighted by atomic mass is 9.80. The summed E-state index contributed by atoms with van der Waals surface area (Å²) in [5.41, 5.74) is -1.29. The van der Waals surface area contributed by atoms with Gasteiger partial charge in [0.1, 0.15) is 23.2 Å². The summed E-state index contributed by atoms with van der Waals surface area (Å²) in [6.45, 7) is 0. The van der Waals surface area contributed by atoms with E-state index in [1.807, 2.05) is 0 Å². The van der Waals surface area contributed by atoms with E-state index in [-0.39, 0.29) is 11.3 Å². The van der Waals surface area contributed by atoms with Gasteiger partial charge in [0.2, 0.25) is 5.91 Å². The van der Waals surface area contributed by atoms with Crippen LogP contribution in [0.15, 0.2) is 16.1 Å². The molecule has 1 aromatic heterocycles. The Hall–Kier alpha value is -2.64. The van der Waals surface area contributed by atoms with E-state index in [9.17, 15) is 19.2 Å². The maximum atomic E-state index is 12.1. The van der Waals surface area contributed by atoms with Crippen LogP contribution in [0.4, 0.5) is 0 Å². The van der Waals surface area contributed by atoms with Gasteiger partial charge in [-0.05, 0) is 0 Å². The van der Waals surface area contributed by atoms with E-state index in [1.165, 1.54) is 0 Å². The molecular weight excluding hydrogens is 240 g/mol. The van der Waals surface area contributed by atoms with E-state index >= 15 is 0 Å². The number of amides is 1. The molecule has 2 N–H and O–H groups in total. The standard InChI is InChI=1S/C10H6N4O4/c15-7-4-6(12-2-14-10(4)18)8(16)3-5(7)11-1-13-9(3)17/h1-3,5H,(H,11,13,17)(H,12,14,18). The second-order valence-electron chi connectivity index (χ2n) is 3.89. The third-order valence-electron chi connectivity index (χ3n) is 2.92. The predicted octanol–water partition coefficient (Wildman–Crippen LogP) is -1.71. The van der Waals surface area contributed by atoms with Crippen molar-refractivity contribution in [2.45, 2.75) is 6.04 Å². The van der Waals surface area contributed by atoms with Gasteiger partial charge in [0.15, 0.2) is 11.6 Å². The largest absolute Gasteiger partial charge is 0.316 e. The second-order valence-corrected chi connectivity index (χ2v) is 3.89. The number of hydrogen-bond acceptors (Lipinski definition) is 6. The fourth-order valence-electron chi connectivity index (χ4n) is 2.09. The van der Waals surface area contributed by atoms with Crippen molar-refractivity contribution in [2.75, 3.05) is 0 Å². The van der Waals surface area contributed by atoms with Crippen molar-refractivity contribution in [2.24, 2.45) is 10.9 Å². The number of aromatic nitrogens is 2. The number of carbonyl (C=O) groups is 3. The Morgan fingerprint density at radius 3 is 2.67 bits per heavy atom. The van der Waals surface area contributed by atoms with Gasteiger partial charge in [-0.3, -0.25) is 24.2 Å². The Kier molecular flexibility index (Phi) is 2.00. The molecule has 1 amide bonds. The minimum Gasteiger partial charge on any atom is -0.316 e. The monoisotopic (exact) mass is 246 g/mol. The van der Waals surface area contributed by atoms with Crippen LogP contribution in [0.3, 0.4) is 0 Å². The maximum absolute atomic E-state index is 12.1. The Bertz CT molecular complexity index is 675. The number of rotatable bonds is 0. The number of hydrogen-bond donors (Lipinski definition) is 2. The Labute approximate surface area is 99.1 Å². The van der Waals surface area contributed by atoms with Gasteiger partial charge in [-0.25, -0.2) is 4.98 Å². The highest BCUT2D eigenvalue weighted by atomic mass is 16.2. The van der Waals surface area contributed by atoms with E-state index in [1.54, 1.807) is 0 Å². The second kappa shape index (κ2) is 3.42. The molecule has 90 valence electrons. The number of H-pyrrole nitrogens is 1. The average Bonchev–Trinajstić information content (AvgIpc) is 2.35. The van der Waals surface area contributed by atoms with Crippen LogP contribution in [0.25, 0.3) is 0 Å². The van der Waals surface area contributed by atoms with E-state index in [0.29, 0.717) is 0 Å². The molecule has 18 heavy (non-hydrogen) atoms. The van der Waals surface area contributed by atoms with Crippen LogP contribution in [0, 0.1) is 5.92 Å². The normalized spacial score (nSPS) is 25.4. The van der Waals surface area contributed by atoms with Crippen LogP contribution < -0.4 is 10.9 Å². The molecule has 0 aromatic carbocycles. The van der Waals surface area contributed by atoms with Crippen LogP contribution in [0.1, 0.15) is 20.8 Å². The first-order valence-corrected chi connectivity index (χ1v) is 5.09. The van der Waals surface area contributed by atoms with Crippen molar-refractivity contribution in [3.8, 4) is 0 Å². The smallest absolute Gasteiger partial charge is 0.262 e. The van der Waals surface area contributed by atoms with Crippen molar-refractivity contribution in [1.82, 2.24) is 15.3 Å². The summed E-state index contributed by atoms with van der Waals surface area (Å²) in [7, 11) is 0. The first-order valence-electron chi connectivity index (χ1n) is 5.09. The van der Waals surface area contributed by atoms with Crippen LogP contribution in [0.5, 0.6) is 0 Å². The molecule has 0 bridgehead atoms. The molecule has 0 saturated carbocycles. The molecule has 2 unspecified atom stereocenters. The van der Waals surface area contributed by atoms with Gasteiger partial charge >= 0.3 is 0 Å². The van der Waals surface area contributed by atoms with Crippen molar-refractivity contribution in [3.63, 3.8) is 0 Å². The molecule has 1 aliphatic heterocycles. The maximum Gasteiger partial charge on any atom is 0.262 e. The molecule has 0 spiro atoms. The lowest BCUT2D eigenvalue weighted by Gasteiger charge is -2.27. The zero-order valence-electron chi connectivity index (χ0n) is 8.84. The lowest BCUT2D eigenvalue weighted by molar-refractivity contribution is -0.122. The number of ketones is 2. The fourth-order valence-corrected chi connectivity index (χ4v) is 2.09. The summed E-state index contributed by atoms with van der Waals surface area (Å²) in [5, 5.41) is 2.26. The third-order valence-corrected chi connectivity index (χ3v) is 2.92. The number of fused-ring (bicyclic) bond motifs is 2. The highest BCUT2D eigenvalue weighted by Gasteiger charge is 2.48. The predicted molar refractivity (Wildman–Crippen MR) is 57.4 cm³/mol. The Morgan fingerprint density at radius 1 is 1.11 bits per heavy atom. The van der Waals surface area contributed by atoms with Crippen LogP contribution in [-0.2, 0) is 4.79 Å². The number of aromatic amines is 1. The van der Waals surface area contributed by atoms with E-state index < -0.39 is 35.0 Å². The zero-order chi connectivity index (χ0) is 12.9. The number of nitrogens with one attached hydrogen (secondary N) is 2. The van der Waals surface area contributed by atoms with Gasteiger partial charge in [0.25, 0.3) is 5.56 Å². The number of Topliss-reactive ketones (excluding diaryl/α,β-unsaturated/α-hetero) is 2. The summed E-state index contributed by atoms with van der Waals surface area (Å²) in [5.74, 6) is -3.16. The molecule has 8 heteroatoms. The molecule has 1 aromatic rings. The van der Waals surface area contributed by atoms with E-state index in [0.717, 1.165) is 12.7 Å². The first kappa shape index (κ1) is 10.5. The van der Waals surface area contributed by atoms with E-state index in [4.69, 9.17) is 0 Å². The summed E-state index contributed by atoms with van der Waals surface area (Å²) >= 11 is 0. The molecular formula is C10H6N4O4. The molecule has 3 rings (SSSR count). The minimum absolute atomic E-state index is 0.266. The van der Waals surface area contributed by atoms with Crippen LogP contribution in [-0.4, -0.2) is 39.8 Å². The van der Waals surface area contributed by atoms with Crippen molar-refractivity contribution < 1.29 is 14.4 Å². The fraction of sp³-hybridized carbons (Fsp3) is 0.200. The van der Waals surface area contributed by atoms with Crippen molar-refractivity contribution in [1.29, 1.82) is 0 Å². The van der Waals surface area contributed by atoms with Crippen molar-refractivity contribution in [3.05, 3.63) is 27.9 Å². The lowest BCUT2D eigenvalue weighted by Crippen LogP contribution is -2.53. The van der Waals surface area contributed by atoms with Gasteiger partial charge in [-0.1, -0.05) is 0 Å². The molecule has 2 atom stereocenters. The van der Waals surface area contributed by atoms with Gasteiger partial charge in [0, 0.05) is 0 Å². The summed E-state index contributed by atoms with van der Waals surface area (Å²) in [6.07, 6.45) is 2.08. The SMILES string of the molecule is O=C1c2c(nc[nH]c2=O)C(=O)C2C(=O)NC=NC12. The Balaban J connectivity index is 2.29. The van der Waals surface area contributed by atoms with Gasteiger partial charge in [0.05, 0.1) is 12.7 Å². The van der Waals surface area contributed by atoms with Gasteiger partial charge < -0.3 is 10.3 Å². The molecule has 2 heterocycles. The highest BCUT2D eigenvalue weighted by Crippen LogP contribution is 2.25. The molecule has 0 saturated heterocycles. The third kappa shape index (κ3) is 1.19. The van der Waals surface area contributed by atoms with Crippen LogP contribution >= 0.6 is 0 Å². The molecule has 0 fully saturated rings. The van der Waals surface area contributed by atoms with E-state index in [2.05, 4.69) is 20.3 Å². The number of carbonyl (C=O) groups excluding carboxylic acids is 3. The summed E-state index contributed by atoms with van der Waals surface area (Å²) in [4.78, 5) is 56.9. The number of aliphatic imine (C=N–C) groups is 1. The minimum atomic E-state index is -1.23. The molecule has 8 nitrogen and oxygen atoms in total. The van der Waals surface area contributed by atoms with Gasteiger partial charge in [-0.2, -0.15) is 0 Å². The first-order chi connectivity index (χ1) is 8.61. The Morgan fingerprint density at radius 2 is 1.89 bits per heavy atom. The summed E-state index contributed by atoms with van der Waals surface area (Å²) < 4.78 is 0. The highest BCUT2D eigenvalue weighted by molar-refractivity contribution is 6.24. The van der Waals surface area contributed by atoms with Crippen molar-refractivity contribution >= 4 is 23.8 Å².